The van der Waals surface area contributed by atoms with Gasteiger partial charge in [-0.05, 0) is 50.1 Å². The Balaban J connectivity index is 1.77. The molecule has 3 rings (SSSR count). The van der Waals surface area contributed by atoms with Crippen molar-refractivity contribution in [2.24, 2.45) is 0 Å². The number of aryl methyl sites for hydroxylation is 2. The molecule has 0 N–H and O–H groups in total. The number of hydrogen-bond acceptors (Lipinski definition) is 4. The van der Waals surface area contributed by atoms with Crippen LogP contribution in [0.25, 0.3) is 0 Å². The lowest BCUT2D eigenvalue weighted by Gasteiger charge is -2.17. The van der Waals surface area contributed by atoms with E-state index in [0.717, 1.165) is 28.0 Å². The van der Waals surface area contributed by atoms with Crippen LogP contribution in [-0.4, -0.2) is 14.8 Å². The molecule has 6 heteroatoms. The van der Waals surface area contributed by atoms with Gasteiger partial charge in [-0.1, -0.05) is 59.3 Å². The van der Waals surface area contributed by atoms with Gasteiger partial charge >= 0.3 is 0 Å². The molecule has 3 aromatic rings. The van der Waals surface area contributed by atoms with Gasteiger partial charge in [0.1, 0.15) is 5.75 Å². The van der Waals surface area contributed by atoms with Gasteiger partial charge in [0.2, 0.25) is 0 Å². The van der Waals surface area contributed by atoms with Crippen molar-refractivity contribution in [2.45, 2.75) is 44.3 Å². The monoisotopic (exact) mass is 413 g/mol. The predicted molar refractivity (Wildman–Crippen MR) is 116 cm³/mol. The molecule has 4 nitrogen and oxygen atoms in total. The smallest absolute Gasteiger partial charge is 0.191 e. The van der Waals surface area contributed by atoms with Crippen LogP contribution in [0, 0.1) is 13.8 Å². The Hall–Kier alpha value is -2.24. The van der Waals surface area contributed by atoms with Crippen LogP contribution in [0.3, 0.4) is 0 Å². The van der Waals surface area contributed by atoms with Gasteiger partial charge in [-0.15, -0.1) is 16.8 Å². The minimum absolute atomic E-state index is 0.249. The van der Waals surface area contributed by atoms with Gasteiger partial charge < -0.3 is 4.74 Å². The maximum atomic E-state index is 6.14. The summed E-state index contributed by atoms with van der Waals surface area (Å²) in [5, 5.41) is 10.3. The van der Waals surface area contributed by atoms with Gasteiger partial charge in [-0.2, -0.15) is 0 Å². The van der Waals surface area contributed by atoms with Crippen LogP contribution in [0.5, 0.6) is 5.75 Å². The quantitative estimate of drug-likeness (QED) is 0.327. The maximum Gasteiger partial charge on any atom is 0.191 e. The summed E-state index contributed by atoms with van der Waals surface area (Å²) in [6, 6.07) is 14.1. The first-order chi connectivity index (χ1) is 13.5. The first kappa shape index (κ1) is 20.5. The zero-order valence-electron chi connectivity index (χ0n) is 16.4. The summed E-state index contributed by atoms with van der Waals surface area (Å²) in [6.45, 7) is 10.5. The normalized spacial score (nSPS) is 12.0. The van der Waals surface area contributed by atoms with E-state index in [-0.39, 0.29) is 6.10 Å². The Morgan fingerprint density at radius 1 is 1.18 bits per heavy atom. The molecular weight excluding hydrogens is 390 g/mol. The largest absolute Gasteiger partial charge is 0.482 e. The van der Waals surface area contributed by atoms with Gasteiger partial charge in [0.15, 0.2) is 17.1 Å². The number of allylic oxidation sites excluding steroid dienone is 1. The summed E-state index contributed by atoms with van der Waals surface area (Å²) >= 11 is 7.70. The molecule has 1 aromatic heterocycles. The van der Waals surface area contributed by atoms with Gasteiger partial charge in [-0.3, -0.25) is 4.57 Å². The van der Waals surface area contributed by atoms with Gasteiger partial charge in [0.25, 0.3) is 0 Å². The third-order valence-electron chi connectivity index (χ3n) is 4.35. The summed E-state index contributed by atoms with van der Waals surface area (Å²) in [5.41, 5.74) is 3.50. The van der Waals surface area contributed by atoms with Crippen molar-refractivity contribution in [1.29, 1.82) is 0 Å². The molecule has 0 bridgehead atoms. The van der Waals surface area contributed by atoms with E-state index in [9.17, 15) is 0 Å². The average molecular weight is 414 g/mol. The van der Waals surface area contributed by atoms with Crippen LogP contribution < -0.4 is 4.74 Å². The third-order valence-corrected chi connectivity index (χ3v) is 5.62. The van der Waals surface area contributed by atoms with Crippen molar-refractivity contribution in [3.63, 3.8) is 0 Å². The van der Waals surface area contributed by atoms with Gasteiger partial charge in [-0.25, -0.2) is 0 Å². The van der Waals surface area contributed by atoms with Crippen molar-refractivity contribution in [3.05, 3.63) is 82.7 Å². The van der Waals surface area contributed by atoms with E-state index in [4.69, 9.17) is 16.3 Å². The number of halogens is 1. The molecule has 0 radical (unpaired) electrons. The highest BCUT2D eigenvalue weighted by Gasteiger charge is 2.19. The van der Waals surface area contributed by atoms with Crippen molar-refractivity contribution in [1.82, 2.24) is 14.8 Å². The number of rotatable bonds is 8. The molecule has 0 spiro atoms. The SMILES string of the molecule is C=CCn1c(SCc2ccc(C)cc2)nnc1C(C)Oc1ccc(Cl)cc1C. The highest BCUT2D eigenvalue weighted by atomic mass is 35.5. The van der Waals surface area contributed by atoms with E-state index in [1.54, 1.807) is 11.8 Å². The van der Waals surface area contributed by atoms with Crippen LogP contribution >= 0.6 is 23.4 Å². The highest BCUT2D eigenvalue weighted by molar-refractivity contribution is 7.98. The number of hydrogen-bond donors (Lipinski definition) is 0. The Morgan fingerprint density at radius 2 is 1.93 bits per heavy atom. The first-order valence-corrected chi connectivity index (χ1v) is 10.5. The van der Waals surface area contributed by atoms with Crippen LogP contribution in [0.4, 0.5) is 0 Å². The molecule has 0 aliphatic heterocycles. The van der Waals surface area contributed by atoms with E-state index < -0.39 is 0 Å². The van der Waals surface area contributed by atoms with E-state index in [0.29, 0.717) is 11.6 Å². The molecule has 0 saturated carbocycles. The molecule has 28 heavy (non-hydrogen) atoms. The van der Waals surface area contributed by atoms with Crippen LogP contribution in [0.1, 0.15) is 35.5 Å². The minimum Gasteiger partial charge on any atom is -0.482 e. The molecule has 1 heterocycles. The van der Waals surface area contributed by atoms with Crippen molar-refractivity contribution in [2.75, 3.05) is 0 Å². The van der Waals surface area contributed by atoms with Crippen LogP contribution in [0.15, 0.2) is 60.3 Å². The molecule has 0 aliphatic carbocycles. The van der Waals surface area contributed by atoms with E-state index in [1.807, 2.05) is 38.1 Å². The summed E-state index contributed by atoms with van der Waals surface area (Å²) in [6.07, 6.45) is 1.60. The fraction of sp³-hybridized carbons (Fsp3) is 0.273. The zero-order valence-corrected chi connectivity index (χ0v) is 17.9. The lowest BCUT2D eigenvalue weighted by atomic mass is 10.2. The number of nitrogens with zero attached hydrogens (tertiary/aromatic N) is 3. The first-order valence-electron chi connectivity index (χ1n) is 9.13. The second-order valence-electron chi connectivity index (χ2n) is 6.68. The Bertz CT molecular complexity index is 953. The lowest BCUT2D eigenvalue weighted by Crippen LogP contribution is -2.12. The molecular formula is C22H24ClN3OS. The van der Waals surface area contributed by atoms with E-state index in [2.05, 4.69) is 52.5 Å². The van der Waals surface area contributed by atoms with Crippen molar-refractivity contribution in [3.8, 4) is 5.75 Å². The second kappa shape index (κ2) is 9.30. The molecule has 2 aromatic carbocycles. The Labute approximate surface area is 175 Å². The van der Waals surface area contributed by atoms with E-state index in [1.165, 1.54) is 11.1 Å². The van der Waals surface area contributed by atoms with Crippen LogP contribution in [-0.2, 0) is 12.3 Å². The number of ether oxygens (including phenoxy) is 1. The molecule has 0 fully saturated rings. The lowest BCUT2D eigenvalue weighted by molar-refractivity contribution is 0.209. The summed E-state index contributed by atoms with van der Waals surface area (Å²) in [7, 11) is 0. The van der Waals surface area contributed by atoms with Crippen LogP contribution in [0.2, 0.25) is 5.02 Å². The molecule has 0 saturated heterocycles. The number of aromatic nitrogens is 3. The maximum absolute atomic E-state index is 6.14. The predicted octanol–water partition coefficient (Wildman–Crippen LogP) is 6.17. The molecule has 0 amide bonds. The molecule has 1 unspecified atom stereocenters. The average Bonchev–Trinajstić information content (AvgIpc) is 3.07. The Morgan fingerprint density at radius 3 is 2.61 bits per heavy atom. The van der Waals surface area contributed by atoms with Crippen molar-refractivity contribution >= 4 is 23.4 Å². The number of thioether (sulfide) groups is 1. The highest BCUT2D eigenvalue weighted by Crippen LogP contribution is 2.29. The minimum atomic E-state index is -0.249. The fourth-order valence-electron chi connectivity index (χ4n) is 2.83. The Kier molecular flexibility index (Phi) is 6.81. The fourth-order valence-corrected chi connectivity index (χ4v) is 3.97. The molecule has 146 valence electrons. The third kappa shape index (κ3) is 4.97. The number of benzene rings is 2. The van der Waals surface area contributed by atoms with Gasteiger partial charge in [0, 0.05) is 17.3 Å². The summed E-state index contributed by atoms with van der Waals surface area (Å²) in [5.74, 6) is 2.40. The standard InChI is InChI=1S/C22H24ClN3OS/c1-5-12-26-21(17(4)27-20-11-10-19(23)13-16(20)3)24-25-22(26)28-14-18-8-6-15(2)7-9-18/h5-11,13,17H,1,12,14H2,2-4H3. The summed E-state index contributed by atoms with van der Waals surface area (Å²) < 4.78 is 8.19. The zero-order chi connectivity index (χ0) is 20.1. The second-order valence-corrected chi connectivity index (χ2v) is 8.06. The molecule has 0 aliphatic rings. The summed E-state index contributed by atoms with van der Waals surface area (Å²) in [4.78, 5) is 0. The topological polar surface area (TPSA) is 39.9 Å². The molecule has 1 atom stereocenters. The van der Waals surface area contributed by atoms with E-state index >= 15 is 0 Å². The van der Waals surface area contributed by atoms with Gasteiger partial charge in [0.05, 0.1) is 0 Å². The van der Waals surface area contributed by atoms with Crippen molar-refractivity contribution < 1.29 is 4.74 Å².